The van der Waals surface area contributed by atoms with Crippen molar-refractivity contribution in [1.29, 1.82) is 0 Å². The van der Waals surface area contributed by atoms with Gasteiger partial charge in [0.25, 0.3) is 0 Å². The van der Waals surface area contributed by atoms with Crippen LogP contribution < -0.4 is 5.90 Å². The summed E-state index contributed by atoms with van der Waals surface area (Å²) in [5.41, 5.74) is 4.14. The molecule has 0 radical (unpaired) electrons. The van der Waals surface area contributed by atoms with Gasteiger partial charge in [-0.25, -0.2) is 5.90 Å². The molecule has 14 heavy (non-hydrogen) atoms. The van der Waals surface area contributed by atoms with Crippen LogP contribution >= 0.6 is 0 Å². The molecule has 0 saturated heterocycles. The van der Waals surface area contributed by atoms with Crippen molar-refractivity contribution >= 4 is 0 Å². The molecular formula is C12H19NO. The second-order valence-corrected chi connectivity index (χ2v) is 3.75. The number of aryl methyl sites for hydroxylation is 3. The zero-order chi connectivity index (χ0) is 10.4. The highest BCUT2D eigenvalue weighted by Gasteiger charge is 1.96. The van der Waals surface area contributed by atoms with Crippen molar-refractivity contribution in [3.8, 4) is 0 Å². The predicted octanol–water partition coefficient (Wildman–Crippen LogP) is 2.52. The summed E-state index contributed by atoms with van der Waals surface area (Å²) in [6.07, 6.45) is 3.29. The minimum atomic E-state index is 0.658. The second-order valence-electron chi connectivity index (χ2n) is 3.75. The van der Waals surface area contributed by atoms with Crippen LogP contribution in [-0.2, 0) is 11.3 Å². The van der Waals surface area contributed by atoms with Gasteiger partial charge in [-0.3, -0.25) is 0 Å². The van der Waals surface area contributed by atoms with Crippen molar-refractivity contribution in [2.24, 2.45) is 5.90 Å². The molecule has 0 aromatic heterocycles. The van der Waals surface area contributed by atoms with Gasteiger partial charge >= 0.3 is 0 Å². The monoisotopic (exact) mass is 193 g/mol. The Bertz CT molecular complexity index is 284. The van der Waals surface area contributed by atoms with Gasteiger partial charge < -0.3 is 4.84 Å². The summed E-state index contributed by atoms with van der Waals surface area (Å²) in [4.78, 5) is 4.52. The van der Waals surface area contributed by atoms with Crippen LogP contribution in [-0.4, -0.2) is 6.61 Å². The Balaban J connectivity index is 2.39. The van der Waals surface area contributed by atoms with Crippen LogP contribution in [0.3, 0.4) is 0 Å². The Morgan fingerprint density at radius 1 is 1.14 bits per heavy atom. The van der Waals surface area contributed by atoms with Crippen LogP contribution in [0.5, 0.6) is 0 Å². The van der Waals surface area contributed by atoms with Gasteiger partial charge in [0, 0.05) is 0 Å². The summed E-state index contributed by atoms with van der Waals surface area (Å²) < 4.78 is 0. The van der Waals surface area contributed by atoms with Gasteiger partial charge in [-0.05, 0) is 49.8 Å². The Labute approximate surface area is 86.0 Å². The molecule has 1 aromatic rings. The summed E-state index contributed by atoms with van der Waals surface area (Å²) in [6.45, 7) is 4.95. The van der Waals surface area contributed by atoms with Gasteiger partial charge in [0.1, 0.15) is 0 Å². The lowest BCUT2D eigenvalue weighted by Gasteiger charge is -2.04. The average molecular weight is 193 g/mol. The number of benzene rings is 1. The van der Waals surface area contributed by atoms with Crippen molar-refractivity contribution < 1.29 is 4.84 Å². The topological polar surface area (TPSA) is 35.2 Å². The minimum Gasteiger partial charge on any atom is -0.305 e. The van der Waals surface area contributed by atoms with E-state index in [1.54, 1.807) is 0 Å². The van der Waals surface area contributed by atoms with E-state index in [0.717, 1.165) is 19.3 Å². The van der Waals surface area contributed by atoms with Crippen LogP contribution in [0.15, 0.2) is 18.2 Å². The highest BCUT2D eigenvalue weighted by Crippen LogP contribution is 2.11. The average Bonchev–Trinajstić information content (AvgIpc) is 2.18. The molecule has 1 aromatic carbocycles. The second kappa shape index (κ2) is 5.78. The Kier molecular flexibility index (Phi) is 4.63. The summed E-state index contributed by atoms with van der Waals surface area (Å²) in [5, 5.41) is 0. The van der Waals surface area contributed by atoms with Crippen molar-refractivity contribution in [2.75, 3.05) is 6.61 Å². The first kappa shape index (κ1) is 11.2. The normalized spacial score (nSPS) is 10.5. The molecule has 0 atom stereocenters. The maximum Gasteiger partial charge on any atom is 0.0679 e. The van der Waals surface area contributed by atoms with Crippen LogP contribution in [0.1, 0.15) is 29.5 Å². The number of hydrogen-bond acceptors (Lipinski definition) is 2. The third-order valence-corrected chi connectivity index (χ3v) is 2.55. The number of unbranched alkanes of at least 4 members (excludes halogenated alkanes) is 1. The lowest BCUT2D eigenvalue weighted by atomic mass is 10.0. The molecule has 0 amide bonds. The summed E-state index contributed by atoms with van der Waals surface area (Å²) in [6, 6.07) is 6.65. The quantitative estimate of drug-likeness (QED) is 0.576. The van der Waals surface area contributed by atoms with E-state index in [9.17, 15) is 0 Å². The fourth-order valence-corrected chi connectivity index (χ4v) is 1.47. The molecule has 1 rings (SSSR count). The molecule has 0 bridgehead atoms. The van der Waals surface area contributed by atoms with Gasteiger partial charge in [0.05, 0.1) is 6.61 Å². The minimum absolute atomic E-state index is 0.658. The molecule has 2 N–H and O–H groups in total. The third kappa shape index (κ3) is 3.48. The molecule has 0 aliphatic heterocycles. The molecule has 0 unspecified atom stereocenters. The molecule has 0 heterocycles. The van der Waals surface area contributed by atoms with Gasteiger partial charge in [-0.2, -0.15) is 0 Å². The first-order chi connectivity index (χ1) is 6.74. The fraction of sp³-hybridized carbons (Fsp3) is 0.500. The predicted molar refractivity (Wildman–Crippen MR) is 59.0 cm³/mol. The van der Waals surface area contributed by atoms with E-state index < -0.39 is 0 Å². The van der Waals surface area contributed by atoms with E-state index in [-0.39, 0.29) is 0 Å². The third-order valence-electron chi connectivity index (χ3n) is 2.55. The van der Waals surface area contributed by atoms with Gasteiger partial charge in [-0.15, -0.1) is 0 Å². The van der Waals surface area contributed by atoms with Crippen molar-refractivity contribution in [3.63, 3.8) is 0 Å². The zero-order valence-electron chi connectivity index (χ0n) is 9.05. The molecule has 0 spiro atoms. The van der Waals surface area contributed by atoms with Crippen LogP contribution in [0.25, 0.3) is 0 Å². The van der Waals surface area contributed by atoms with E-state index in [1.165, 1.54) is 16.7 Å². The zero-order valence-corrected chi connectivity index (χ0v) is 9.05. The Morgan fingerprint density at radius 3 is 2.57 bits per heavy atom. The lowest BCUT2D eigenvalue weighted by molar-refractivity contribution is 0.134. The highest BCUT2D eigenvalue weighted by atomic mass is 16.6. The SMILES string of the molecule is Cc1ccc(CCCCON)cc1C. The van der Waals surface area contributed by atoms with Crippen molar-refractivity contribution in [2.45, 2.75) is 33.1 Å². The van der Waals surface area contributed by atoms with Crippen LogP contribution in [0.2, 0.25) is 0 Å². The maximum absolute atomic E-state index is 4.95. The van der Waals surface area contributed by atoms with Gasteiger partial charge in [0.2, 0.25) is 0 Å². The first-order valence-corrected chi connectivity index (χ1v) is 5.12. The van der Waals surface area contributed by atoms with Crippen molar-refractivity contribution in [1.82, 2.24) is 0 Å². The van der Waals surface area contributed by atoms with E-state index in [2.05, 4.69) is 36.9 Å². The lowest BCUT2D eigenvalue weighted by Crippen LogP contribution is -2.01. The van der Waals surface area contributed by atoms with Gasteiger partial charge in [-0.1, -0.05) is 18.2 Å². The highest BCUT2D eigenvalue weighted by molar-refractivity contribution is 5.29. The molecule has 0 fully saturated rings. The van der Waals surface area contributed by atoms with E-state index in [4.69, 9.17) is 5.90 Å². The van der Waals surface area contributed by atoms with Crippen LogP contribution in [0, 0.1) is 13.8 Å². The number of rotatable bonds is 5. The van der Waals surface area contributed by atoms with Crippen LogP contribution in [0.4, 0.5) is 0 Å². The number of hydrogen-bond donors (Lipinski definition) is 1. The molecule has 0 aliphatic rings. The van der Waals surface area contributed by atoms with Crippen molar-refractivity contribution in [3.05, 3.63) is 34.9 Å². The van der Waals surface area contributed by atoms with E-state index in [1.807, 2.05) is 0 Å². The largest absolute Gasteiger partial charge is 0.305 e. The maximum atomic E-state index is 4.95. The Hall–Kier alpha value is -0.860. The summed E-state index contributed by atoms with van der Waals surface area (Å²) in [5.74, 6) is 4.95. The van der Waals surface area contributed by atoms with E-state index >= 15 is 0 Å². The first-order valence-electron chi connectivity index (χ1n) is 5.12. The Morgan fingerprint density at radius 2 is 1.93 bits per heavy atom. The smallest absolute Gasteiger partial charge is 0.0679 e. The number of nitrogens with two attached hydrogens (primary N) is 1. The summed E-state index contributed by atoms with van der Waals surface area (Å²) in [7, 11) is 0. The molecule has 2 heteroatoms. The molecule has 2 nitrogen and oxygen atoms in total. The van der Waals surface area contributed by atoms with Gasteiger partial charge in [0.15, 0.2) is 0 Å². The standard InChI is InChI=1S/C12H19NO/c1-10-6-7-12(9-11(10)2)5-3-4-8-14-13/h6-7,9H,3-5,8,13H2,1-2H3. The van der Waals surface area contributed by atoms with E-state index in [0.29, 0.717) is 6.61 Å². The molecule has 78 valence electrons. The molecule has 0 aliphatic carbocycles. The molecular weight excluding hydrogens is 174 g/mol. The molecule has 0 saturated carbocycles. The fourth-order valence-electron chi connectivity index (χ4n) is 1.47. The summed E-state index contributed by atoms with van der Waals surface area (Å²) >= 11 is 0.